The number of rotatable bonds is 6. The lowest BCUT2D eigenvalue weighted by Gasteiger charge is -2.09. The molecule has 3 aromatic rings. The van der Waals surface area contributed by atoms with Gasteiger partial charge in [-0.1, -0.05) is 18.2 Å². The van der Waals surface area contributed by atoms with Crippen molar-refractivity contribution >= 4 is 74.2 Å². The molecule has 0 saturated heterocycles. The molecule has 0 aliphatic heterocycles. The van der Waals surface area contributed by atoms with E-state index in [2.05, 4.69) is 55.7 Å². The summed E-state index contributed by atoms with van der Waals surface area (Å²) in [7, 11) is 0. The number of hydrazone groups is 1. The molecular weight excluding hydrogens is 578 g/mol. The predicted octanol–water partition coefficient (Wildman–Crippen LogP) is 3.87. The van der Waals surface area contributed by atoms with Crippen molar-refractivity contribution in [2.45, 2.75) is 0 Å². The van der Waals surface area contributed by atoms with E-state index in [1.807, 2.05) is 18.2 Å². The van der Waals surface area contributed by atoms with E-state index in [0.717, 1.165) is 18.1 Å². The Morgan fingerprint density at radius 2 is 1.89 bits per heavy atom. The molecule has 1 heterocycles. The van der Waals surface area contributed by atoms with Crippen LogP contribution in [0.3, 0.4) is 0 Å². The molecular formula is C18H12I2N2O5. The van der Waals surface area contributed by atoms with E-state index in [0.29, 0.717) is 11.3 Å². The zero-order chi connectivity index (χ0) is 19.4. The molecule has 27 heavy (non-hydrogen) atoms. The third kappa shape index (κ3) is 4.97. The van der Waals surface area contributed by atoms with Gasteiger partial charge in [-0.15, -0.1) is 0 Å². The molecule has 0 atom stereocenters. The first-order chi connectivity index (χ1) is 12.9. The number of hydrogen-bond donors (Lipinski definition) is 2. The van der Waals surface area contributed by atoms with Gasteiger partial charge in [-0.2, -0.15) is 5.10 Å². The number of amides is 1. The van der Waals surface area contributed by atoms with Crippen molar-refractivity contribution in [2.24, 2.45) is 5.10 Å². The first kappa shape index (κ1) is 19.6. The summed E-state index contributed by atoms with van der Waals surface area (Å²) in [5, 5.41) is 13.5. The number of ether oxygens (including phenoxy) is 1. The Labute approximate surface area is 181 Å². The van der Waals surface area contributed by atoms with Crippen molar-refractivity contribution in [3.63, 3.8) is 0 Å². The lowest BCUT2D eigenvalue weighted by molar-refractivity contribution is -0.139. The van der Waals surface area contributed by atoms with Crippen molar-refractivity contribution < 1.29 is 23.8 Å². The van der Waals surface area contributed by atoms with Crippen molar-refractivity contribution in [2.75, 3.05) is 6.61 Å². The molecule has 0 spiro atoms. The molecule has 138 valence electrons. The molecule has 1 aromatic heterocycles. The third-order valence-corrected chi connectivity index (χ3v) is 4.99. The highest BCUT2D eigenvalue weighted by Crippen LogP contribution is 2.28. The molecule has 0 radical (unpaired) electrons. The minimum absolute atomic E-state index is 0.176. The number of carboxylic acid groups (broad SMARTS) is 1. The molecule has 0 fully saturated rings. The van der Waals surface area contributed by atoms with Crippen LogP contribution in [0.2, 0.25) is 0 Å². The number of carbonyl (C=O) groups excluding carboxylic acids is 1. The Balaban J connectivity index is 1.68. The number of fused-ring (bicyclic) bond motifs is 1. The Hall–Kier alpha value is -2.15. The number of carboxylic acids is 1. The second kappa shape index (κ2) is 8.69. The smallest absolute Gasteiger partial charge is 0.341 e. The number of nitrogens with one attached hydrogen (secondary N) is 1. The van der Waals surface area contributed by atoms with Crippen molar-refractivity contribution in [1.29, 1.82) is 0 Å². The van der Waals surface area contributed by atoms with Crippen LogP contribution in [0.1, 0.15) is 16.1 Å². The van der Waals surface area contributed by atoms with Gasteiger partial charge in [0.2, 0.25) is 0 Å². The summed E-state index contributed by atoms with van der Waals surface area (Å²) in [5.74, 6) is -0.814. The van der Waals surface area contributed by atoms with E-state index >= 15 is 0 Å². The second-order valence-corrected chi connectivity index (χ2v) is 7.67. The number of furan rings is 1. The van der Waals surface area contributed by atoms with Crippen LogP contribution < -0.4 is 10.2 Å². The van der Waals surface area contributed by atoms with E-state index in [4.69, 9.17) is 14.3 Å². The normalized spacial score (nSPS) is 11.0. The Morgan fingerprint density at radius 1 is 1.19 bits per heavy atom. The van der Waals surface area contributed by atoms with Crippen LogP contribution in [0.25, 0.3) is 11.0 Å². The number of benzene rings is 2. The van der Waals surface area contributed by atoms with Gasteiger partial charge >= 0.3 is 11.9 Å². The molecule has 0 saturated carbocycles. The number of nitrogens with zero attached hydrogens (tertiary/aromatic N) is 1. The van der Waals surface area contributed by atoms with E-state index in [1.54, 1.807) is 24.3 Å². The van der Waals surface area contributed by atoms with Crippen molar-refractivity contribution in [3.8, 4) is 5.75 Å². The van der Waals surface area contributed by atoms with Crippen LogP contribution in [0.5, 0.6) is 5.75 Å². The monoisotopic (exact) mass is 590 g/mol. The number of carbonyl (C=O) groups is 2. The van der Waals surface area contributed by atoms with Gasteiger partial charge in [-0.25, -0.2) is 10.2 Å². The van der Waals surface area contributed by atoms with E-state index in [1.165, 1.54) is 6.21 Å². The lowest BCUT2D eigenvalue weighted by Crippen LogP contribution is -2.16. The summed E-state index contributed by atoms with van der Waals surface area (Å²) in [6, 6.07) is 12.5. The maximum Gasteiger partial charge on any atom is 0.341 e. The first-order valence-electron chi connectivity index (χ1n) is 7.59. The average Bonchev–Trinajstić information content (AvgIpc) is 3.05. The van der Waals surface area contributed by atoms with E-state index < -0.39 is 18.5 Å². The highest BCUT2D eigenvalue weighted by Gasteiger charge is 2.12. The topological polar surface area (TPSA) is 101 Å². The average molecular weight is 590 g/mol. The molecule has 2 aromatic carbocycles. The minimum Gasteiger partial charge on any atom is -0.480 e. The fourth-order valence-corrected chi connectivity index (χ4v) is 4.37. The Bertz CT molecular complexity index is 989. The second-order valence-electron chi connectivity index (χ2n) is 5.34. The molecule has 2 N–H and O–H groups in total. The first-order valence-corrected chi connectivity index (χ1v) is 9.75. The quantitative estimate of drug-likeness (QED) is 0.258. The van der Waals surface area contributed by atoms with Gasteiger partial charge in [0.15, 0.2) is 12.4 Å². The van der Waals surface area contributed by atoms with Crippen molar-refractivity contribution in [3.05, 3.63) is 60.9 Å². The van der Waals surface area contributed by atoms with Gasteiger partial charge in [0.1, 0.15) is 11.3 Å². The fourth-order valence-electron chi connectivity index (χ4n) is 2.24. The zero-order valence-electron chi connectivity index (χ0n) is 13.6. The zero-order valence-corrected chi connectivity index (χ0v) is 17.9. The minimum atomic E-state index is -1.04. The van der Waals surface area contributed by atoms with Gasteiger partial charge in [0.05, 0.1) is 13.4 Å². The number of halogens is 2. The molecule has 3 rings (SSSR count). The van der Waals surface area contributed by atoms with Gasteiger partial charge in [-0.3, -0.25) is 4.79 Å². The van der Waals surface area contributed by atoms with Gasteiger partial charge in [-0.05, 0) is 75.0 Å². The molecule has 0 aliphatic carbocycles. The fraction of sp³-hybridized carbons (Fsp3) is 0.0556. The molecule has 0 bridgehead atoms. The molecule has 0 unspecified atom stereocenters. The SMILES string of the molecule is O=C(O)COc1c(I)cc(/C=N/NC(=O)c2cc3ccccc3o2)cc1I. The number of aliphatic carboxylic acids is 1. The maximum absolute atomic E-state index is 12.1. The van der Waals surface area contributed by atoms with Gasteiger partial charge < -0.3 is 14.3 Å². The van der Waals surface area contributed by atoms with Gasteiger partial charge in [0, 0.05) is 5.39 Å². The largest absolute Gasteiger partial charge is 0.480 e. The van der Waals surface area contributed by atoms with Crippen LogP contribution in [0, 0.1) is 7.14 Å². The Morgan fingerprint density at radius 3 is 2.56 bits per heavy atom. The maximum atomic E-state index is 12.1. The van der Waals surface area contributed by atoms with E-state index in [9.17, 15) is 9.59 Å². The summed E-state index contributed by atoms with van der Waals surface area (Å²) in [6.45, 7) is -0.410. The van der Waals surface area contributed by atoms with Crippen LogP contribution >= 0.6 is 45.2 Å². The predicted molar refractivity (Wildman–Crippen MR) is 116 cm³/mol. The molecule has 0 aliphatic rings. The van der Waals surface area contributed by atoms with Crippen LogP contribution in [0.4, 0.5) is 0 Å². The summed E-state index contributed by atoms with van der Waals surface area (Å²) in [5.41, 5.74) is 3.79. The van der Waals surface area contributed by atoms with Crippen LogP contribution in [-0.2, 0) is 4.79 Å². The van der Waals surface area contributed by atoms with Crippen LogP contribution in [0.15, 0.2) is 52.0 Å². The number of para-hydroxylation sites is 1. The molecule has 7 nitrogen and oxygen atoms in total. The summed E-state index contributed by atoms with van der Waals surface area (Å²) in [6.07, 6.45) is 1.49. The van der Waals surface area contributed by atoms with Gasteiger partial charge in [0.25, 0.3) is 0 Å². The van der Waals surface area contributed by atoms with E-state index in [-0.39, 0.29) is 5.76 Å². The van der Waals surface area contributed by atoms with Crippen molar-refractivity contribution in [1.82, 2.24) is 5.43 Å². The third-order valence-electron chi connectivity index (χ3n) is 3.39. The van der Waals surface area contributed by atoms with Crippen LogP contribution in [-0.4, -0.2) is 29.8 Å². The summed E-state index contributed by atoms with van der Waals surface area (Å²) >= 11 is 4.11. The lowest BCUT2D eigenvalue weighted by atomic mass is 10.2. The standard InChI is InChI=1S/C18H12I2N2O5/c19-12-5-10(6-13(20)17(12)26-9-16(23)24)8-21-22-18(25)15-7-11-3-1-2-4-14(11)27-15/h1-8H,9H2,(H,22,25)(H,23,24)/b21-8+. The highest BCUT2D eigenvalue weighted by atomic mass is 127. The Kier molecular flexibility index (Phi) is 6.31. The molecule has 9 heteroatoms. The highest BCUT2D eigenvalue weighted by molar-refractivity contribution is 14.1. The summed E-state index contributed by atoms with van der Waals surface area (Å²) < 4.78 is 12.2. The summed E-state index contributed by atoms with van der Waals surface area (Å²) in [4.78, 5) is 22.8. The number of hydrogen-bond acceptors (Lipinski definition) is 5. The molecule has 1 amide bonds.